The quantitative estimate of drug-likeness (QED) is 0.762. The zero-order valence-electron chi connectivity index (χ0n) is 15.4. The van der Waals surface area contributed by atoms with Crippen LogP contribution in [0.15, 0.2) is 42.5 Å². The van der Waals surface area contributed by atoms with E-state index in [4.69, 9.17) is 21.1 Å². The van der Waals surface area contributed by atoms with Gasteiger partial charge in [-0.15, -0.1) is 0 Å². The van der Waals surface area contributed by atoms with Crippen LogP contribution in [-0.4, -0.2) is 44.7 Å². The number of esters is 1. The average Bonchev–Trinajstić information content (AvgIpc) is 2.79. The van der Waals surface area contributed by atoms with E-state index in [-0.39, 0.29) is 17.9 Å². The van der Waals surface area contributed by atoms with Crippen LogP contribution in [0.2, 0.25) is 5.02 Å². The lowest BCUT2D eigenvalue weighted by atomic mass is 9.81. The lowest BCUT2D eigenvalue weighted by molar-refractivity contribution is -0.142. The van der Waals surface area contributed by atoms with Gasteiger partial charge in [-0.25, -0.2) is 0 Å². The van der Waals surface area contributed by atoms with E-state index in [1.807, 2.05) is 30.3 Å². The molecule has 2 aromatic rings. The summed E-state index contributed by atoms with van der Waals surface area (Å²) in [5.74, 6) is 0.490. The molecule has 0 aromatic heterocycles. The minimum absolute atomic E-state index is 0.00279. The number of benzene rings is 2. The van der Waals surface area contributed by atoms with Gasteiger partial charge in [0.15, 0.2) is 0 Å². The number of methoxy groups -OCH3 is 2. The number of ether oxygens (including phenoxy) is 2. The molecular weight excluding hydrogens is 350 g/mol. The van der Waals surface area contributed by atoms with Gasteiger partial charge in [-0.05, 0) is 42.3 Å². The third-order valence-corrected chi connectivity index (χ3v) is 5.49. The Hall–Kier alpha value is -2.04. The molecule has 5 heteroatoms. The van der Waals surface area contributed by atoms with Crippen molar-refractivity contribution < 1.29 is 14.3 Å². The Balaban J connectivity index is 2.17. The first-order valence-corrected chi connectivity index (χ1v) is 9.11. The van der Waals surface area contributed by atoms with E-state index in [2.05, 4.69) is 24.1 Å². The van der Waals surface area contributed by atoms with Crippen LogP contribution in [-0.2, 0) is 16.0 Å². The zero-order chi connectivity index (χ0) is 18.7. The number of hydrogen-bond acceptors (Lipinski definition) is 4. The molecule has 1 aliphatic rings. The number of carbonyl (C=O) groups is 1. The predicted octanol–water partition coefficient (Wildman–Crippen LogP) is 3.90. The molecule has 138 valence electrons. The summed E-state index contributed by atoms with van der Waals surface area (Å²) < 4.78 is 10.4. The third-order valence-electron chi connectivity index (χ3n) is 5.20. The first-order chi connectivity index (χ1) is 12.5. The highest BCUT2D eigenvalue weighted by molar-refractivity contribution is 6.32. The standard InChI is InChI=1S/C21H24ClNO3/c1-23-10-9-15-11-17(22)19(25-2)12-16(15)21(14-7-5-4-6-8-14)18(23)13-20(24)26-3/h4-8,11-12,18,21H,9-10,13H2,1-3H3/t18-,21+/m0/s1. The van der Waals surface area contributed by atoms with Gasteiger partial charge >= 0.3 is 5.97 Å². The number of likely N-dealkylation sites (N-methyl/N-ethyl adjacent to an activating group) is 1. The van der Waals surface area contributed by atoms with Crippen LogP contribution in [0.5, 0.6) is 5.75 Å². The SMILES string of the molecule is COC(=O)C[C@H]1[C@H](c2ccccc2)c2cc(OC)c(Cl)cc2CCN1C. The molecule has 4 nitrogen and oxygen atoms in total. The minimum Gasteiger partial charge on any atom is -0.495 e. The summed E-state index contributed by atoms with van der Waals surface area (Å²) in [6.45, 7) is 0.848. The van der Waals surface area contributed by atoms with E-state index < -0.39 is 0 Å². The van der Waals surface area contributed by atoms with Crippen LogP contribution in [0.4, 0.5) is 0 Å². The van der Waals surface area contributed by atoms with Gasteiger partial charge in [-0.1, -0.05) is 41.9 Å². The number of halogens is 1. The molecule has 0 saturated heterocycles. The molecule has 0 aliphatic carbocycles. The number of fused-ring (bicyclic) bond motifs is 1. The van der Waals surface area contributed by atoms with E-state index in [1.54, 1.807) is 7.11 Å². The van der Waals surface area contributed by atoms with Crippen LogP contribution in [0, 0.1) is 0 Å². The molecule has 0 spiro atoms. The van der Waals surface area contributed by atoms with Crippen molar-refractivity contribution in [3.63, 3.8) is 0 Å². The Labute approximate surface area is 159 Å². The predicted molar refractivity (Wildman–Crippen MR) is 103 cm³/mol. The van der Waals surface area contributed by atoms with Gasteiger partial charge in [0.1, 0.15) is 5.75 Å². The maximum absolute atomic E-state index is 12.1. The van der Waals surface area contributed by atoms with Gasteiger partial charge in [0, 0.05) is 18.5 Å². The second-order valence-electron chi connectivity index (χ2n) is 6.65. The fraction of sp³-hybridized carbons (Fsp3) is 0.381. The topological polar surface area (TPSA) is 38.8 Å². The molecule has 2 aromatic carbocycles. The summed E-state index contributed by atoms with van der Waals surface area (Å²) in [6.07, 6.45) is 1.20. The van der Waals surface area contributed by atoms with Crippen LogP contribution in [0.25, 0.3) is 0 Å². The van der Waals surface area contributed by atoms with E-state index >= 15 is 0 Å². The van der Waals surface area contributed by atoms with Crippen LogP contribution in [0.3, 0.4) is 0 Å². The zero-order valence-corrected chi connectivity index (χ0v) is 16.1. The second kappa shape index (κ2) is 8.11. The largest absolute Gasteiger partial charge is 0.495 e. The Morgan fingerprint density at radius 3 is 2.62 bits per heavy atom. The normalized spacial score (nSPS) is 20.2. The Morgan fingerprint density at radius 1 is 1.23 bits per heavy atom. The monoisotopic (exact) mass is 373 g/mol. The van der Waals surface area contributed by atoms with Gasteiger partial charge in [-0.3, -0.25) is 4.79 Å². The van der Waals surface area contributed by atoms with E-state index in [1.165, 1.54) is 18.2 Å². The summed E-state index contributed by atoms with van der Waals surface area (Å²) in [5, 5.41) is 0.618. The van der Waals surface area contributed by atoms with E-state index in [9.17, 15) is 4.79 Å². The lowest BCUT2D eigenvalue weighted by Crippen LogP contribution is -2.38. The van der Waals surface area contributed by atoms with Crippen LogP contribution in [0.1, 0.15) is 29.0 Å². The maximum Gasteiger partial charge on any atom is 0.307 e. The second-order valence-corrected chi connectivity index (χ2v) is 7.06. The van der Waals surface area contributed by atoms with Crippen molar-refractivity contribution in [2.24, 2.45) is 0 Å². The van der Waals surface area contributed by atoms with Gasteiger partial charge < -0.3 is 14.4 Å². The number of rotatable bonds is 4. The first-order valence-electron chi connectivity index (χ1n) is 8.73. The molecule has 0 radical (unpaired) electrons. The molecule has 1 heterocycles. The molecule has 0 amide bonds. The molecule has 26 heavy (non-hydrogen) atoms. The Morgan fingerprint density at radius 2 is 1.96 bits per heavy atom. The highest BCUT2D eigenvalue weighted by Crippen LogP contribution is 2.40. The van der Waals surface area contributed by atoms with Crippen molar-refractivity contribution in [1.82, 2.24) is 4.90 Å². The molecule has 2 atom stereocenters. The Kier molecular flexibility index (Phi) is 5.84. The smallest absolute Gasteiger partial charge is 0.307 e. The lowest BCUT2D eigenvalue weighted by Gasteiger charge is -2.33. The van der Waals surface area contributed by atoms with Gasteiger partial charge in [0.2, 0.25) is 0 Å². The van der Waals surface area contributed by atoms with Gasteiger partial charge in [0.05, 0.1) is 25.7 Å². The first kappa shape index (κ1) is 18.7. The van der Waals surface area contributed by atoms with Crippen molar-refractivity contribution in [3.05, 3.63) is 64.2 Å². The number of hydrogen-bond donors (Lipinski definition) is 0. The van der Waals surface area contributed by atoms with Gasteiger partial charge in [-0.2, -0.15) is 0 Å². The van der Waals surface area contributed by atoms with E-state index in [0.717, 1.165) is 18.5 Å². The van der Waals surface area contributed by atoms with Gasteiger partial charge in [0.25, 0.3) is 0 Å². The molecule has 0 N–H and O–H groups in total. The molecule has 0 bridgehead atoms. The number of carbonyl (C=O) groups excluding carboxylic acids is 1. The van der Waals surface area contributed by atoms with Crippen LogP contribution >= 0.6 is 11.6 Å². The van der Waals surface area contributed by atoms with Crippen molar-refractivity contribution in [3.8, 4) is 5.75 Å². The molecule has 3 rings (SSSR count). The summed E-state index contributed by atoms with van der Waals surface area (Å²) >= 11 is 6.38. The summed E-state index contributed by atoms with van der Waals surface area (Å²) in [4.78, 5) is 14.4. The molecule has 1 aliphatic heterocycles. The number of nitrogens with zero attached hydrogens (tertiary/aromatic N) is 1. The highest BCUT2D eigenvalue weighted by atomic mass is 35.5. The van der Waals surface area contributed by atoms with Crippen molar-refractivity contribution in [1.29, 1.82) is 0 Å². The average molecular weight is 374 g/mol. The van der Waals surface area contributed by atoms with Crippen LogP contribution < -0.4 is 4.74 Å². The van der Waals surface area contributed by atoms with Crippen molar-refractivity contribution in [2.75, 3.05) is 27.8 Å². The summed E-state index contributed by atoms with van der Waals surface area (Å²) in [7, 11) is 5.13. The minimum atomic E-state index is -0.202. The summed E-state index contributed by atoms with van der Waals surface area (Å²) in [6, 6.07) is 14.3. The fourth-order valence-corrected chi connectivity index (χ4v) is 4.05. The maximum atomic E-state index is 12.1. The molecule has 0 fully saturated rings. The van der Waals surface area contributed by atoms with Crippen molar-refractivity contribution in [2.45, 2.75) is 24.8 Å². The molecular formula is C21H24ClNO3. The fourth-order valence-electron chi connectivity index (χ4n) is 3.79. The highest BCUT2D eigenvalue weighted by Gasteiger charge is 2.34. The molecule has 0 saturated carbocycles. The Bertz CT molecular complexity index is 778. The van der Waals surface area contributed by atoms with Crippen molar-refractivity contribution >= 4 is 17.6 Å². The van der Waals surface area contributed by atoms with E-state index in [0.29, 0.717) is 17.2 Å². The molecule has 0 unspecified atom stereocenters. The third kappa shape index (κ3) is 3.71. The summed E-state index contributed by atoms with van der Waals surface area (Å²) in [5.41, 5.74) is 3.53.